The third kappa shape index (κ3) is 74.1. The normalized spacial score (nSPS) is 13.8. The van der Waals surface area contributed by atoms with Crippen LogP contribution in [0.3, 0.4) is 0 Å². The Hall–Kier alpha value is -1.94. The van der Waals surface area contributed by atoms with Crippen LogP contribution in [-0.2, 0) is 65.4 Å². The third-order valence-electron chi connectivity index (χ3n) is 18.9. The fraction of sp³-hybridized carbons (Fsp3) is 0.950. The van der Waals surface area contributed by atoms with Gasteiger partial charge in [-0.25, -0.2) is 9.13 Å². The van der Waals surface area contributed by atoms with Crippen molar-refractivity contribution in [3.8, 4) is 0 Å². The molecular weight excluding hydrogens is 1290 g/mol. The maximum atomic E-state index is 13.1. The molecule has 0 heterocycles. The van der Waals surface area contributed by atoms with E-state index in [-0.39, 0.29) is 25.7 Å². The summed E-state index contributed by atoms with van der Waals surface area (Å²) in [4.78, 5) is 72.7. The monoisotopic (exact) mass is 1450 g/mol. The molecule has 19 heteroatoms. The predicted octanol–water partition coefficient (Wildman–Crippen LogP) is 24.2. The predicted molar refractivity (Wildman–Crippen MR) is 405 cm³/mol. The first kappa shape index (κ1) is 97.1. The van der Waals surface area contributed by atoms with Crippen molar-refractivity contribution >= 4 is 39.5 Å². The molecule has 0 spiro atoms. The van der Waals surface area contributed by atoms with Crippen molar-refractivity contribution in [2.24, 2.45) is 0 Å². The molecule has 0 saturated carbocycles. The van der Waals surface area contributed by atoms with Crippen LogP contribution >= 0.6 is 15.6 Å². The molecule has 3 N–H and O–H groups in total. The highest BCUT2D eigenvalue weighted by atomic mass is 31.2. The van der Waals surface area contributed by atoms with Gasteiger partial charge in [0.1, 0.15) is 19.3 Å². The van der Waals surface area contributed by atoms with Gasteiger partial charge in [0.05, 0.1) is 26.4 Å². The quantitative estimate of drug-likeness (QED) is 0.0222. The summed E-state index contributed by atoms with van der Waals surface area (Å²) < 4.78 is 68.5. The SMILES string of the molecule is CCCCCCCCCCCCCCCCCCCCCC(=O)O[C@H](COC(=O)CCCCCCCCCCCCCCCCCCCC)COP(=O)(O)OC[C@@H](O)COP(=O)(O)OC[C@@H](COC(=O)CCCCCCC)OC(=O)CCCCCCCCCCCCCCCCCCC. The molecule has 0 aliphatic heterocycles. The first-order chi connectivity index (χ1) is 48.2. The number of phosphoric ester groups is 2. The van der Waals surface area contributed by atoms with Gasteiger partial charge in [0.25, 0.3) is 0 Å². The molecule has 0 aliphatic rings. The summed E-state index contributed by atoms with van der Waals surface area (Å²) in [6.45, 7) is 4.94. The number of rotatable bonds is 81. The summed E-state index contributed by atoms with van der Waals surface area (Å²) >= 11 is 0. The van der Waals surface area contributed by atoms with E-state index in [0.29, 0.717) is 25.7 Å². The molecule has 0 radical (unpaired) electrons. The van der Waals surface area contributed by atoms with Crippen molar-refractivity contribution in [3.05, 3.63) is 0 Å². The Morgan fingerprint density at radius 1 is 0.242 bits per heavy atom. The minimum atomic E-state index is -4.96. The third-order valence-corrected chi connectivity index (χ3v) is 20.8. The molecule has 5 atom stereocenters. The minimum Gasteiger partial charge on any atom is -0.462 e. The van der Waals surface area contributed by atoms with Crippen LogP contribution in [0.5, 0.6) is 0 Å². The summed E-state index contributed by atoms with van der Waals surface area (Å²) in [5, 5.41) is 10.6. The van der Waals surface area contributed by atoms with Gasteiger partial charge in [0.2, 0.25) is 0 Å². The lowest BCUT2D eigenvalue weighted by molar-refractivity contribution is -0.161. The molecule has 0 saturated heterocycles. The van der Waals surface area contributed by atoms with Crippen molar-refractivity contribution in [1.29, 1.82) is 0 Å². The molecule has 0 amide bonds. The molecule has 17 nitrogen and oxygen atoms in total. The van der Waals surface area contributed by atoms with Gasteiger partial charge in [-0.1, -0.05) is 381 Å². The highest BCUT2D eigenvalue weighted by molar-refractivity contribution is 7.47. The lowest BCUT2D eigenvalue weighted by Crippen LogP contribution is -2.30. The van der Waals surface area contributed by atoms with E-state index in [1.54, 1.807) is 0 Å². The van der Waals surface area contributed by atoms with Crippen molar-refractivity contribution in [3.63, 3.8) is 0 Å². The van der Waals surface area contributed by atoms with E-state index in [0.717, 1.165) is 96.3 Å². The molecule has 0 aromatic carbocycles. The number of hydrogen-bond donors (Lipinski definition) is 3. The van der Waals surface area contributed by atoms with Crippen molar-refractivity contribution in [2.75, 3.05) is 39.6 Å². The Bertz CT molecular complexity index is 1880. The van der Waals surface area contributed by atoms with Crippen LogP contribution in [0, 0.1) is 0 Å². The van der Waals surface area contributed by atoms with Crippen molar-refractivity contribution in [2.45, 2.75) is 451 Å². The van der Waals surface area contributed by atoms with Gasteiger partial charge < -0.3 is 33.8 Å². The zero-order chi connectivity index (χ0) is 72.5. The molecule has 2 unspecified atom stereocenters. The molecule has 588 valence electrons. The topological polar surface area (TPSA) is 237 Å². The van der Waals surface area contributed by atoms with Crippen molar-refractivity contribution in [1.82, 2.24) is 0 Å². The summed E-state index contributed by atoms with van der Waals surface area (Å²) in [5.41, 5.74) is 0. The van der Waals surface area contributed by atoms with Gasteiger partial charge in [-0.05, 0) is 25.7 Å². The summed E-state index contributed by atoms with van der Waals surface area (Å²) in [5.74, 6) is -2.12. The molecule has 0 aromatic rings. The average Bonchev–Trinajstić information content (AvgIpc) is 0.971. The number of hydrogen-bond acceptors (Lipinski definition) is 15. The Labute approximate surface area is 607 Å². The fourth-order valence-corrected chi connectivity index (χ4v) is 14.0. The summed E-state index contributed by atoms with van der Waals surface area (Å²) in [6, 6.07) is 0. The van der Waals surface area contributed by atoms with Crippen LogP contribution in [0.15, 0.2) is 0 Å². The molecule has 99 heavy (non-hydrogen) atoms. The number of aliphatic hydroxyl groups excluding tert-OH is 1. The maximum Gasteiger partial charge on any atom is 0.472 e. The molecular formula is C80H156O17P2. The minimum absolute atomic E-state index is 0.108. The van der Waals surface area contributed by atoms with Crippen LogP contribution in [0.1, 0.15) is 432 Å². The number of phosphoric acid groups is 2. The van der Waals surface area contributed by atoms with E-state index >= 15 is 0 Å². The zero-order valence-electron chi connectivity index (χ0n) is 64.5. The maximum absolute atomic E-state index is 13.1. The molecule has 0 fully saturated rings. The highest BCUT2D eigenvalue weighted by Crippen LogP contribution is 2.45. The average molecular weight is 1450 g/mol. The lowest BCUT2D eigenvalue weighted by atomic mass is 10.0. The van der Waals surface area contributed by atoms with Crippen LogP contribution < -0.4 is 0 Å². The van der Waals surface area contributed by atoms with Gasteiger partial charge >= 0.3 is 39.5 Å². The first-order valence-electron chi connectivity index (χ1n) is 41.8. The van der Waals surface area contributed by atoms with Gasteiger partial charge in [0, 0.05) is 25.7 Å². The van der Waals surface area contributed by atoms with Gasteiger partial charge in [-0.2, -0.15) is 0 Å². The van der Waals surface area contributed by atoms with Gasteiger partial charge in [-0.3, -0.25) is 37.3 Å². The van der Waals surface area contributed by atoms with E-state index in [2.05, 4.69) is 27.7 Å². The molecule has 0 aromatic heterocycles. The second-order valence-electron chi connectivity index (χ2n) is 28.8. The van der Waals surface area contributed by atoms with Crippen LogP contribution in [0.4, 0.5) is 0 Å². The van der Waals surface area contributed by atoms with Crippen LogP contribution in [0.2, 0.25) is 0 Å². The largest absolute Gasteiger partial charge is 0.472 e. The number of carbonyl (C=O) groups excluding carboxylic acids is 4. The smallest absolute Gasteiger partial charge is 0.462 e. The Balaban J connectivity index is 5.11. The molecule has 0 rings (SSSR count). The summed E-state index contributed by atoms with van der Waals surface area (Å²) in [7, 11) is -9.91. The summed E-state index contributed by atoms with van der Waals surface area (Å²) in [6.07, 6.45) is 67.1. The Kier molecular flexibility index (Phi) is 72.9. The standard InChI is InChI=1S/C80H156O17P2/c1-5-9-13-17-20-23-26-29-32-35-37-40-43-46-49-52-55-59-63-67-80(85)97-76(71-91-78(83)65-61-57-53-50-47-44-41-39-36-33-30-27-24-21-18-14-10-6-2)73-95-99(88,89)93-69-74(81)68-92-98(86,87)94-72-75(70-90-77(82)64-60-56-16-12-8-4)96-79(84)66-62-58-54-51-48-45-42-38-34-31-28-25-22-19-15-11-7-3/h74-76,81H,5-73H2,1-4H3,(H,86,87)(H,88,89)/t74-,75+,76+/m0/s1. The number of unbranched alkanes of at least 4 members (excludes halogenated alkanes) is 55. The van der Waals surface area contributed by atoms with E-state index in [9.17, 15) is 43.2 Å². The van der Waals surface area contributed by atoms with Gasteiger partial charge in [-0.15, -0.1) is 0 Å². The number of aliphatic hydroxyl groups is 1. The molecule has 0 aliphatic carbocycles. The van der Waals surface area contributed by atoms with E-state index < -0.39 is 97.5 Å². The lowest BCUT2D eigenvalue weighted by Gasteiger charge is -2.21. The molecule has 0 bridgehead atoms. The first-order valence-corrected chi connectivity index (χ1v) is 44.8. The second kappa shape index (κ2) is 74.3. The number of ether oxygens (including phenoxy) is 4. The van der Waals surface area contributed by atoms with Crippen molar-refractivity contribution < 1.29 is 80.2 Å². The zero-order valence-corrected chi connectivity index (χ0v) is 66.3. The van der Waals surface area contributed by atoms with Gasteiger partial charge in [0.15, 0.2) is 12.2 Å². The Morgan fingerprint density at radius 3 is 0.596 bits per heavy atom. The fourth-order valence-electron chi connectivity index (χ4n) is 12.5. The van der Waals surface area contributed by atoms with E-state index in [1.165, 1.54) is 257 Å². The Morgan fingerprint density at radius 2 is 0.404 bits per heavy atom. The van der Waals surface area contributed by atoms with Crippen LogP contribution in [-0.4, -0.2) is 96.7 Å². The van der Waals surface area contributed by atoms with E-state index in [4.69, 9.17) is 37.0 Å². The highest BCUT2D eigenvalue weighted by Gasteiger charge is 2.30. The second-order valence-corrected chi connectivity index (χ2v) is 31.7. The van der Waals surface area contributed by atoms with Crippen LogP contribution in [0.25, 0.3) is 0 Å². The van der Waals surface area contributed by atoms with E-state index in [1.807, 2.05) is 0 Å². The number of carbonyl (C=O) groups is 4. The number of esters is 4.